The van der Waals surface area contributed by atoms with Crippen molar-refractivity contribution in [3.05, 3.63) is 11.0 Å². The van der Waals surface area contributed by atoms with Crippen molar-refractivity contribution >= 4 is 17.6 Å². The Morgan fingerprint density at radius 2 is 2.00 bits per heavy atom. The van der Waals surface area contributed by atoms with E-state index >= 15 is 0 Å². The average Bonchev–Trinajstić information content (AvgIpc) is 2.05. The molecule has 0 N–H and O–H groups in total. The summed E-state index contributed by atoms with van der Waals surface area (Å²) in [7, 11) is 0.887. The first kappa shape index (κ1) is 10.4. The Bertz CT molecular complexity index is 256. The Morgan fingerprint density at radius 1 is 1.50 bits per heavy atom. The number of carbonyl (C=O) groups excluding carboxylic acids is 2. The minimum absolute atomic E-state index is 0.887. The molecule has 66 valence electrons. The Balaban J connectivity index is 4.72. The van der Waals surface area contributed by atoms with Crippen LogP contribution in [0.25, 0.3) is 5.41 Å². The molecule has 0 radical (unpaired) electrons. The maximum atomic E-state index is 11.6. The molecule has 0 aliphatic rings. The quantitative estimate of drug-likeness (QED) is 0.202. The van der Waals surface area contributed by atoms with Crippen LogP contribution in [-0.4, -0.2) is 31.2 Å². The molecule has 0 spiro atoms. The molecule has 0 aromatic carbocycles. The maximum absolute atomic E-state index is 11.6. The minimum atomic E-state index is -3.36. The Hall–Kier alpha value is -1.55. The average molecular weight is 176 g/mol. The van der Waals surface area contributed by atoms with Crippen molar-refractivity contribution in [2.75, 3.05) is 7.11 Å². The predicted octanol–water partition coefficient (Wildman–Crippen LogP) is 0.159. The van der Waals surface area contributed by atoms with Crippen LogP contribution in [0.3, 0.4) is 0 Å². The van der Waals surface area contributed by atoms with Crippen LogP contribution in [0.15, 0.2) is 5.57 Å². The summed E-state index contributed by atoms with van der Waals surface area (Å²) in [5, 5.41) is 8.10. The molecule has 12 heavy (non-hydrogen) atoms. The van der Waals surface area contributed by atoms with Crippen molar-refractivity contribution in [2.24, 2.45) is 0 Å². The van der Waals surface area contributed by atoms with Crippen molar-refractivity contribution < 1.29 is 23.1 Å². The summed E-state index contributed by atoms with van der Waals surface area (Å²) in [5.74, 6) is -2.11. The molecule has 0 heterocycles. The summed E-state index contributed by atoms with van der Waals surface area (Å²) in [5.41, 5.74) is -1.19. The van der Waals surface area contributed by atoms with Gasteiger partial charge in [-0.3, -0.25) is 10.7 Å². The third-order valence-corrected chi connectivity index (χ3v) is 0.946. The molecule has 0 aromatic heterocycles. The summed E-state index contributed by atoms with van der Waals surface area (Å²) in [6.07, 6.45) is -3.36. The fraction of sp³-hybridized carbons (Fsp3) is 0.333. The first-order valence-electron chi connectivity index (χ1n) is 2.72. The number of ketones is 1. The van der Waals surface area contributed by atoms with Crippen molar-refractivity contribution in [2.45, 2.75) is 6.43 Å². The molecular weight excluding hydrogens is 172 g/mol. The van der Waals surface area contributed by atoms with Gasteiger partial charge in [0.2, 0.25) is 5.78 Å². The number of nitrogens with zero attached hydrogens (tertiary/aromatic N) is 1. The van der Waals surface area contributed by atoms with Crippen LogP contribution in [0, 0.1) is 0 Å². The van der Waals surface area contributed by atoms with Gasteiger partial charge in [0.25, 0.3) is 0 Å². The fourth-order valence-corrected chi connectivity index (χ4v) is 0.413. The molecule has 0 amide bonds. The van der Waals surface area contributed by atoms with Gasteiger partial charge in [-0.1, -0.05) is 0 Å². The maximum Gasteiger partial charge on any atom is 0.347 e. The van der Waals surface area contributed by atoms with E-state index in [1.54, 1.807) is 0 Å². The van der Waals surface area contributed by atoms with Crippen LogP contribution >= 0.6 is 0 Å². The number of halogens is 2. The molecule has 0 unspecified atom stereocenters. The lowest BCUT2D eigenvalue weighted by atomic mass is 10.2. The number of alkyl halides is 2. The Kier molecular flexibility index (Phi) is 3.79. The van der Waals surface area contributed by atoms with Crippen LogP contribution in [0.2, 0.25) is 0 Å². The number of hydrogen-bond acceptors (Lipinski definition) is 3. The van der Waals surface area contributed by atoms with Gasteiger partial charge in [-0.2, -0.15) is 0 Å². The summed E-state index contributed by atoms with van der Waals surface area (Å²) in [6.45, 7) is 0. The standard InChI is InChI=1S/C6H4F2NO3/c1-12-6(11)3(2-9)4(10)5(7)8/h5H,1H3/q-1. The SMILES string of the molecule is COC(=O)C(=C=[N-])C(=O)C(F)F. The second-order valence-corrected chi connectivity index (χ2v) is 1.64. The lowest BCUT2D eigenvalue weighted by Crippen LogP contribution is -2.20. The minimum Gasteiger partial charge on any atom is -0.762 e. The number of carbonyl (C=O) groups is 2. The largest absolute Gasteiger partial charge is 0.762 e. The van der Waals surface area contributed by atoms with Crippen LogP contribution in [0.4, 0.5) is 8.78 Å². The number of rotatable bonds is 3. The number of ether oxygens (including phenoxy) is 1. The molecule has 4 nitrogen and oxygen atoms in total. The zero-order valence-corrected chi connectivity index (χ0v) is 6.01. The topological polar surface area (TPSA) is 65.7 Å². The first-order valence-corrected chi connectivity index (χ1v) is 2.72. The van der Waals surface area contributed by atoms with Crippen molar-refractivity contribution in [3.63, 3.8) is 0 Å². The van der Waals surface area contributed by atoms with Gasteiger partial charge in [-0.15, -0.1) is 0 Å². The van der Waals surface area contributed by atoms with Gasteiger partial charge in [0.05, 0.1) is 7.11 Å². The van der Waals surface area contributed by atoms with Crippen LogP contribution in [-0.2, 0) is 14.3 Å². The summed E-state index contributed by atoms with van der Waals surface area (Å²) in [6, 6.07) is 0. The third kappa shape index (κ3) is 2.25. The van der Waals surface area contributed by atoms with Crippen molar-refractivity contribution in [1.29, 1.82) is 0 Å². The molecule has 0 aliphatic carbocycles. The highest BCUT2D eigenvalue weighted by Crippen LogP contribution is 2.03. The lowest BCUT2D eigenvalue weighted by molar-refractivity contribution is -0.139. The van der Waals surface area contributed by atoms with E-state index in [-0.39, 0.29) is 0 Å². The Labute approximate surface area is 66.3 Å². The van der Waals surface area contributed by atoms with E-state index in [4.69, 9.17) is 5.41 Å². The Morgan fingerprint density at radius 3 is 2.25 bits per heavy atom. The molecule has 0 aliphatic heterocycles. The fourth-order valence-electron chi connectivity index (χ4n) is 0.413. The molecule has 0 atom stereocenters. The molecule has 6 heteroatoms. The zero-order valence-electron chi connectivity index (χ0n) is 6.01. The van der Waals surface area contributed by atoms with E-state index in [1.807, 2.05) is 0 Å². The van der Waals surface area contributed by atoms with Gasteiger partial charge < -0.3 is 10.1 Å². The van der Waals surface area contributed by atoms with Gasteiger partial charge >= 0.3 is 12.4 Å². The number of Topliss-reactive ketones (excluding diaryl/α,β-unsaturated/α-hetero) is 1. The second-order valence-electron chi connectivity index (χ2n) is 1.64. The smallest absolute Gasteiger partial charge is 0.347 e. The summed E-state index contributed by atoms with van der Waals surface area (Å²) >= 11 is 0. The molecule has 0 bridgehead atoms. The normalized spacial score (nSPS) is 9.00. The highest BCUT2D eigenvalue weighted by atomic mass is 19.3. The predicted molar refractivity (Wildman–Crippen MR) is 34.9 cm³/mol. The van der Waals surface area contributed by atoms with Crippen LogP contribution < -0.4 is 0 Å². The monoisotopic (exact) mass is 176 g/mol. The van der Waals surface area contributed by atoms with E-state index in [0.717, 1.165) is 13.0 Å². The van der Waals surface area contributed by atoms with Gasteiger partial charge in [-0.05, 0) is 0 Å². The molecular formula is C6H4F2NO3-. The van der Waals surface area contributed by atoms with E-state index in [2.05, 4.69) is 4.74 Å². The highest BCUT2D eigenvalue weighted by molar-refractivity contribution is 6.24. The third-order valence-electron chi connectivity index (χ3n) is 0.946. The van der Waals surface area contributed by atoms with Crippen LogP contribution in [0.1, 0.15) is 0 Å². The van der Waals surface area contributed by atoms with Gasteiger partial charge in [0.1, 0.15) is 5.57 Å². The highest BCUT2D eigenvalue weighted by Gasteiger charge is 2.25. The van der Waals surface area contributed by atoms with E-state index in [1.165, 1.54) is 0 Å². The summed E-state index contributed by atoms with van der Waals surface area (Å²) in [4.78, 5) is 20.8. The molecule has 0 aromatic rings. The second kappa shape index (κ2) is 4.35. The van der Waals surface area contributed by atoms with Gasteiger partial charge in [0.15, 0.2) is 0 Å². The number of esters is 1. The van der Waals surface area contributed by atoms with E-state index in [0.29, 0.717) is 0 Å². The van der Waals surface area contributed by atoms with Gasteiger partial charge in [-0.25, -0.2) is 13.6 Å². The molecule has 0 fully saturated rings. The number of hydrogen-bond donors (Lipinski definition) is 0. The molecule has 0 rings (SSSR count). The molecule has 0 saturated heterocycles. The number of methoxy groups -OCH3 is 1. The lowest BCUT2D eigenvalue weighted by Gasteiger charge is -2.01. The van der Waals surface area contributed by atoms with Gasteiger partial charge in [0, 0.05) is 0 Å². The van der Waals surface area contributed by atoms with Crippen LogP contribution in [0.5, 0.6) is 0 Å². The first-order chi connectivity index (χ1) is 5.54. The van der Waals surface area contributed by atoms with Crippen molar-refractivity contribution in [3.8, 4) is 0 Å². The van der Waals surface area contributed by atoms with E-state index < -0.39 is 23.8 Å². The summed E-state index contributed by atoms with van der Waals surface area (Å²) < 4.78 is 27.2. The van der Waals surface area contributed by atoms with E-state index in [9.17, 15) is 18.4 Å². The molecule has 0 saturated carbocycles. The zero-order chi connectivity index (χ0) is 9.72. The van der Waals surface area contributed by atoms with Crippen molar-refractivity contribution in [1.82, 2.24) is 0 Å².